The molecule has 1 aromatic heterocycles. The van der Waals surface area contributed by atoms with Crippen molar-refractivity contribution in [2.24, 2.45) is 22.2 Å². The van der Waals surface area contributed by atoms with E-state index < -0.39 is 111 Å². The first-order chi connectivity index (χ1) is 23.7. The third-order valence-corrected chi connectivity index (χ3v) is 13.4. The van der Waals surface area contributed by atoms with Gasteiger partial charge in [0, 0.05) is 62.5 Å². The number of hydrogen-bond donors (Lipinski definition) is 2. The normalized spacial score (nSPS) is 50.0. The van der Waals surface area contributed by atoms with Crippen molar-refractivity contribution in [1.29, 1.82) is 0 Å². The van der Waals surface area contributed by atoms with Crippen molar-refractivity contribution in [3.63, 3.8) is 0 Å². The second-order valence-electron chi connectivity index (χ2n) is 15.7. The van der Waals surface area contributed by atoms with Crippen LogP contribution in [0.4, 0.5) is 0 Å². The van der Waals surface area contributed by atoms with E-state index in [1.807, 2.05) is 0 Å². The minimum atomic E-state index is -2.51. The highest BCUT2D eigenvalue weighted by Crippen LogP contribution is 2.88. The molecule has 2 N–H and O–H groups in total. The molecule has 0 radical (unpaired) electrons. The molecule has 0 amide bonds. The highest BCUT2D eigenvalue weighted by molar-refractivity contribution is 5.86. The Hall–Kier alpha value is -3.83. The smallest absolute Gasteiger partial charge is 0.347 e. The lowest BCUT2D eigenvalue weighted by Gasteiger charge is -2.76. The van der Waals surface area contributed by atoms with E-state index >= 15 is 0 Å². The van der Waals surface area contributed by atoms with E-state index in [9.17, 15) is 34.2 Å². The Bertz CT molecular complexity index is 1820. The fourth-order valence-corrected chi connectivity index (χ4v) is 12.1. The second-order valence-corrected chi connectivity index (χ2v) is 15.7. The fraction of sp³-hybridized carbons (Fsp3) is 0.686. The van der Waals surface area contributed by atoms with Gasteiger partial charge in [-0.05, 0) is 25.0 Å². The number of esters is 5. The number of ether oxygens (including phenoxy) is 8. The van der Waals surface area contributed by atoms with Crippen LogP contribution >= 0.6 is 0 Å². The number of carbonyl (C=O) groups is 5. The molecule has 4 heterocycles. The van der Waals surface area contributed by atoms with Crippen LogP contribution in [-0.4, -0.2) is 100.0 Å². The molecule has 16 heteroatoms. The Morgan fingerprint density at radius 1 is 0.980 bits per heavy atom. The van der Waals surface area contributed by atoms with Crippen molar-refractivity contribution in [2.45, 2.75) is 120 Å². The van der Waals surface area contributed by atoms with Gasteiger partial charge in [0.05, 0.1) is 25.1 Å². The summed E-state index contributed by atoms with van der Waals surface area (Å²) >= 11 is 0. The Balaban J connectivity index is 1.49. The maximum absolute atomic E-state index is 13.8. The minimum Gasteiger partial charge on any atom is -0.472 e. The fourth-order valence-electron chi connectivity index (χ4n) is 12.1. The molecule has 1 unspecified atom stereocenters. The van der Waals surface area contributed by atoms with E-state index in [1.165, 1.54) is 32.4 Å². The van der Waals surface area contributed by atoms with E-state index in [1.54, 1.807) is 26.8 Å². The third-order valence-electron chi connectivity index (χ3n) is 13.4. The largest absolute Gasteiger partial charge is 0.472 e. The molecule has 8 rings (SSSR count). The molecule has 276 valence electrons. The Labute approximate surface area is 291 Å². The van der Waals surface area contributed by atoms with Crippen LogP contribution in [0.1, 0.15) is 73.0 Å². The summed E-state index contributed by atoms with van der Waals surface area (Å²) in [6.07, 6.45) is -3.89. The van der Waals surface area contributed by atoms with Gasteiger partial charge in [0.2, 0.25) is 6.10 Å². The molecule has 1 aromatic rings. The zero-order chi connectivity index (χ0) is 37.1. The van der Waals surface area contributed by atoms with Crippen LogP contribution in [0.3, 0.4) is 0 Å². The molecular weight excluding hydrogens is 676 g/mol. The standard InChI is InChI=1S/C35H40O16/c1-15(36)45-20-12-33-30(6)23(22(25(40)43-8)46-16(2)37)28(4)14-32(30,41)34(42,26(28)47-17(3)38)27-35(33,51-31(7,49-27)50-33)19-11-21(39)48-24(29(19,20)5)18-9-10-44-13-18/h9-11,13,20,22-24,26-27,41-42H,12,14H2,1-8H3/t20-,22+,23?,24+,26-,27-,28-,29-,30+,31-,32+,33-,34-,35+/m1/s1. The van der Waals surface area contributed by atoms with E-state index in [2.05, 4.69) is 0 Å². The summed E-state index contributed by atoms with van der Waals surface area (Å²) in [5, 5.41) is 26.7. The van der Waals surface area contributed by atoms with Gasteiger partial charge >= 0.3 is 29.8 Å². The van der Waals surface area contributed by atoms with Crippen LogP contribution in [0.5, 0.6) is 0 Å². The van der Waals surface area contributed by atoms with Gasteiger partial charge in [0.15, 0.2) is 11.2 Å². The summed E-state index contributed by atoms with van der Waals surface area (Å²) in [5.41, 5.74) is -13.2. The lowest BCUT2D eigenvalue weighted by Crippen LogP contribution is -2.93. The van der Waals surface area contributed by atoms with Crippen LogP contribution < -0.4 is 0 Å². The molecule has 4 bridgehead atoms. The van der Waals surface area contributed by atoms with Gasteiger partial charge in [-0.2, -0.15) is 0 Å². The van der Waals surface area contributed by atoms with Crippen molar-refractivity contribution in [2.75, 3.05) is 7.11 Å². The Morgan fingerprint density at radius 2 is 1.67 bits per heavy atom. The monoisotopic (exact) mass is 716 g/mol. The topological polar surface area (TPSA) is 213 Å². The van der Waals surface area contributed by atoms with E-state index in [0.717, 1.165) is 21.0 Å². The van der Waals surface area contributed by atoms with Crippen molar-refractivity contribution >= 4 is 29.8 Å². The number of furan rings is 1. The maximum Gasteiger partial charge on any atom is 0.347 e. The summed E-state index contributed by atoms with van der Waals surface area (Å²) in [6, 6.07) is 1.59. The third kappa shape index (κ3) is 3.47. The predicted octanol–water partition coefficient (Wildman–Crippen LogP) is 1.30. The predicted molar refractivity (Wildman–Crippen MR) is 162 cm³/mol. The number of hydrogen-bond acceptors (Lipinski definition) is 16. The number of cyclic esters (lactones) is 1. The van der Waals surface area contributed by atoms with E-state index in [-0.39, 0.29) is 18.4 Å². The molecule has 7 aliphatic rings. The molecule has 4 saturated carbocycles. The number of carbonyl (C=O) groups excluding carboxylic acids is 5. The van der Waals surface area contributed by atoms with Gasteiger partial charge in [-0.3, -0.25) is 14.4 Å². The Kier molecular flexibility index (Phi) is 6.57. The summed E-state index contributed by atoms with van der Waals surface area (Å²) in [5.74, 6) is -7.48. The first-order valence-corrected chi connectivity index (χ1v) is 16.7. The Morgan fingerprint density at radius 3 is 2.25 bits per heavy atom. The molecule has 0 aromatic carbocycles. The summed E-state index contributed by atoms with van der Waals surface area (Å²) < 4.78 is 54.5. The average molecular weight is 717 g/mol. The highest BCUT2D eigenvalue weighted by atomic mass is 16.9. The van der Waals surface area contributed by atoms with Gasteiger partial charge in [-0.1, -0.05) is 13.8 Å². The number of aliphatic hydroxyl groups is 2. The van der Waals surface area contributed by atoms with Crippen LogP contribution in [0, 0.1) is 22.2 Å². The van der Waals surface area contributed by atoms with Crippen molar-refractivity contribution in [1.82, 2.24) is 0 Å². The molecule has 2 saturated heterocycles. The second kappa shape index (κ2) is 9.77. The molecule has 51 heavy (non-hydrogen) atoms. The molecule has 14 atom stereocenters. The molecule has 4 aliphatic carbocycles. The molecular formula is C35H40O16. The van der Waals surface area contributed by atoms with Gasteiger partial charge in [0.1, 0.15) is 35.6 Å². The summed E-state index contributed by atoms with van der Waals surface area (Å²) in [7, 11) is 1.10. The SMILES string of the molecule is COC(=O)[C@@H](OC(C)=O)C1[C@@]2(C)[C@@]3(O)C[C@@]1(C)[C@@H](OC(C)=O)[C@@]3(O)[C@H]1O[C@]3(C)O[C@]24C[C@@H](OC(C)=O)[C@@]2(C)C(=CC(=O)O[C@H]2c2ccoc2)[C@]14O3. The zero-order valence-corrected chi connectivity index (χ0v) is 29.3. The van der Waals surface area contributed by atoms with Gasteiger partial charge in [-0.25, -0.2) is 9.59 Å². The lowest BCUT2D eigenvalue weighted by molar-refractivity contribution is -0.449. The van der Waals surface area contributed by atoms with Gasteiger partial charge in [0.25, 0.3) is 5.97 Å². The van der Waals surface area contributed by atoms with E-state index in [4.69, 9.17) is 42.3 Å². The van der Waals surface area contributed by atoms with Crippen molar-refractivity contribution in [3.8, 4) is 0 Å². The zero-order valence-electron chi connectivity index (χ0n) is 29.3. The molecule has 6 fully saturated rings. The summed E-state index contributed by atoms with van der Waals surface area (Å²) in [6.45, 7) is 9.79. The maximum atomic E-state index is 13.8. The van der Waals surface area contributed by atoms with Crippen LogP contribution in [0.25, 0.3) is 0 Å². The van der Waals surface area contributed by atoms with Crippen LogP contribution in [0.2, 0.25) is 0 Å². The number of methoxy groups -OCH3 is 1. The highest BCUT2D eigenvalue weighted by Gasteiger charge is 3.03. The van der Waals surface area contributed by atoms with Crippen LogP contribution in [-0.2, 0) is 61.9 Å². The first kappa shape index (κ1) is 34.3. The molecule has 3 aliphatic heterocycles. The van der Waals surface area contributed by atoms with Gasteiger partial charge < -0.3 is 52.5 Å². The minimum absolute atomic E-state index is 0.140. The average Bonchev–Trinajstić information content (AvgIpc) is 3.79. The van der Waals surface area contributed by atoms with Gasteiger partial charge in [-0.15, -0.1) is 0 Å². The van der Waals surface area contributed by atoms with Crippen molar-refractivity contribution < 1.29 is 76.5 Å². The molecule has 16 nitrogen and oxygen atoms in total. The summed E-state index contributed by atoms with van der Waals surface area (Å²) in [4.78, 5) is 66.0. The quantitative estimate of drug-likeness (QED) is 0.314. The van der Waals surface area contributed by atoms with Crippen LogP contribution in [0.15, 0.2) is 34.7 Å². The lowest BCUT2D eigenvalue weighted by atomic mass is 9.34. The van der Waals surface area contributed by atoms with Crippen molar-refractivity contribution in [3.05, 3.63) is 35.8 Å². The number of rotatable bonds is 6. The van der Waals surface area contributed by atoms with E-state index in [0.29, 0.717) is 5.56 Å². The first-order valence-electron chi connectivity index (χ1n) is 16.7. The molecule has 1 spiro atoms. The number of fused-ring (bicyclic) bond motifs is 4.